The average Bonchev–Trinajstić information content (AvgIpc) is 3.37. The number of aromatic nitrogens is 2. The van der Waals surface area contributed by atoms with E-state index in [9.17, 15) is 4.79 Å². The SMILES string of the molecule is COCCCNC(=O)c1cc(-c2csc(-c3ccccc3)n2)n(CCCOC)c1C. The molecule has 0 aliphatic heterocycles. The Morgan fingerprint density at radius 2 is 1.87 bits per heavy atom. The molecule has 1 aromatic carbocycles. The van der Waals surface area contributed by atoms with Crippen LogP contribution < -0.4 is 5.32 Å². The van der Waals surface area contributed by atoms with Crippen molar-refractivity contribution in [2.24, 2.45) is 0 Å². The summed E-state index contributed by atoms with van der Waals surface area (Å²) in [4.78, 5) is 17.6. The predicted molar refractivity (Wildman–Crippen MR) is 121 cm³/mol. The Bertz CT molecular complexity index is 950. The molecule has 0 atom stereocenters. The smallest absolute Gasteiger partial charge is 0.253 e. The zero-order valence-electron chi connectivity index (χ0n) is 17.8. The third-order valence-corrected chi connectivity index (χ3v) is 5.83. The molecule has 160 valence electrons. The van der Waals surface area contributed by atoms with E-state index in [4.69, 9.17) is 14.5 Å². The summed E-state index contributed by atoms with van der Waals surface area (Å²) in [5, 5.41) is 6.02. The van der Waals surface area contributed by atoms with E-state index >= 15 is 0 Å². The van der Waals surface area contributed by atoms with Crippen LogP contribution in [0.25, 0.3) is 22.0 Å². The van der Waals surface area contributed by atoms with Crippen molar-refractivity contribution in [1.29, 1.82) is 0 Å². The van der Waals surface area contributed by atoms with Crippen LogP contribution in [0.1, 0.15) is 28.9 Å². The Labute approximate surface area is 181 Å². The van der Waals surface area contributed by atoms with E-state index in [1.54, 1.807) is 25.6 Å². The van der Waals surface area contributed by atoms with E-state index in [0.29, 0.717) is 25.3 Å². The van der Waals surface area contributed by atoms with Crippen LogP contribution in [0.4, 0.5) is 0 Å². The number of carbonyl (C=O) groups excluding carboxylic acids is 1. The van der Waals surface area contributed by atoms with Gasteiger partial charge in [-0.05, 0) is 25.8 Å². The largest absolute Gasteiger partial charge is 0.385 e. The second-order valence-corrected chi connectivity index (χ2v) is 7.89. The Hall–Kier alpha value is -2.48. The Morgan fingerprint density at radius 1 is 1.13 bits per heavy atom. The molecule has 0 radical (unpaired) electrons. The van der Waals surface area contributed by atoms with Crippen molar-refractivity contribution >= 4 is 17.2 Å². The van der Waals surface area contributed by atoms with Crippen molar-refractivity contribution in [3.63, 3.8) is 0 Å². The predicted octanol–water partition coefficient (Wildman–Crippen LogP) is 4.39. The number of amides is 1. The molecule has 0 aliphatic carbocycles. The van der Waals surface area contributed by atoms with Gasteiger partial charge in [0.1, 0.15) is 5.01 Å². The number of carbonyl (C=O) groups is 1. The molecule has 0 saturated heterocycles. The van der Waals surface area contributed by atoms with Crippen molar-refractivity contribution in [3.8, 4) is 22.0 Å². The highest BCUT2D eigenvalue weighted by Crippen LogP contribution is 2.31. The molecule has 1 N–H and O–H groups in total. The van der Waals surface area contributed by atoms with Gasteiger partial charge in [-0.25, -0.2) is 4.98 Å². The van der Waals surface area contributed by atoms with E-state index < -0.39 is 0 Å². The number of benzene rings is 1. The molecule has 0 unspecified atom stereocenters. The summed E-state index contributed by atoms with van der Waals surface area (Å²) in [5.74, 6) is -0.0612. The van der Waals surface area contributed by atoms with Crippen molar-refractivity contribution in [3.05, 3.63) is 53.0 Å². The highest BCUT2D eigenvalue weighted by atomic mass is 32.1. The lowest BCUT2D eigenvalue weighted by Crippen LogP contribution is -2.25. The lowest BCUT2D eigenvalue weighted by Gasteiger charge is -2.11. The summed E-state index contributed by atoms with van der Waals surface area (Å²) in [6, 6.07) is 12.1. The topological polar surface area (TPSA) is 65.4 Å². The number of thiazole rings is 1. The summed E-state index contributed by atoms with van der Waals surface area (Å²) in [5.41, 5.74) is 4.58. The highest BCUT2D eigenvalue weighted by molar-refractivity contribution is 7.13. The molecule has 1 amide bonds. The number of hydrogen-bond donors (Lipinski definition) is 1. The van der Waals surface area contributed by atoms with Crippen LogP contribution in [0.5, 0.6) is 0 Å². The minimum atomic E-state index is -0.0612. The highest BCUT2D eigenvalue weighted by Gasteiger charge is 2.20. The first-order valence-corrected chi connectivity index (χ1v) is 11.0. The van der Waals surface area contributed by atoms with Crippen molar-refractivity contribution < 1.29 is 14.3 Å². The summed E-state index contributed by atoms with van der Waals surface area (Å²) in [6.45, 7) is 4.64. The fourth-order valence-electron chi connectivity index (χ4n) is 3.36. The molecule has 3 rings (SSSR count). The molecule has 0 bridgehead atoms. The average molecular weight is 428 g/mol. The first-order valence-electron chi connectivity index (χ1n) is 10.1. The minimum Gasteiger partial charge on any atom is -0.385 e. The zero-order chi connectivity index (χ0) is 21.3. The van der Waals surface area contributed by atoms with Crippen molar-refractivity contribution in [2.75, 3.05) is 34.0 Å². The van der Waals surface area contributed by atoms with Crippen LogP contribution in [-0.4, -0.2) is 49.4 Å². The van der Waals surface area contributed by atoms with Gasteiger partial charge < -0.3 is 19.4 Å². The number of rotatable bonds is 11. The number of ether oxygens (including phenoxy) is 2. The minimum absolute atomic E-state index is 0.0612. The Kier molecular flexibility index (Phi) is 8.19. The maximum atomic E-state index is 12.8. The van der Waals surface area contributed by atoms with Crippen LogP contribution in [0, 0.1) is 6.92 Å². The second kappa shape index (κ2) is 11.1. The fourth-order valence-corrected chi connectivity index (χ4v) is 4.18. The van der Waals surface area contributed by atoms with Crippen LogP contribution in [-0.2, 0) is 16.0 Å². The molecule has 2 heterocycles. The van der Waals surface area contributed by atoms with Gasteiger partial charge in [0.05, 0.1) is 17.0 Å². The molecule has 0 fully saturated rings. The normalized spacial score (nSPS) is 11.0. The van der Waals surface area contributed by atoms with Gasteiger partial charge in [-0.3, -0.25) is 4.79 Å². The van der Waals surface area contributed by atoms with Crippen LogP contribution in [0.2, 0.25) is 0 Å². The van der Waals surface area contributed by atoms with Gasteiger partial charge >= 0.3 is 0 Å². The van der Waals surface area contributed by atoms with E-state index in [2.05, 4.69) is 27.4 Å². The van der Waals surface area contributed by atoms with Gasteiger partial charge in [-0.15, -0.1) is 11.3 Å². The van der Waals surface area contributed by atoms with Crippen LogP contribution in [0.3, 0.4) is 0 Å². The molecule has 2 aromatic heterocycles. The number of nitrogens with zero attached hydrogens (tertiary/aromatic N) is 2. The van der Waals surface area contributed by atoms with Crippen LogP contribution >= 0.6 is 11.3 Å². The quantitative estimate of drug-likeness (QED) is 0.461. The second-order valence-electron chi connectivity index (χ2n) is 7.03. The van der Waals surface area contributed by atoms with E-state index in [0.717, 1.165) is 47.0 Å². The number of hydrogen-bond acceptors (Lipinski definition) is 5. The molecule has 3 aromatic rings. The fraction of sp³-hybridized carbons (Fsp3) is 0.391. The monoisotopic (exact) mass is 427 g/mol. The Morgan fingerprint density at radius 3 is 2.60 bits per heavy atom. The van der Waals surface area contributed by atoms with Gasteiger partial charge in [0.2, 0.25) is 0 Å². The molecule has 6 nitrogen and oxygen atoms in total. The lowest BCUT2D eigenvalue weighted by molar-refractivity contribution is 0.0948. The van der Waals surface area contributed by atoms with Crippen molar-refractivity contribution in [1.82, 2.24) is 14.9 Å². The van der Waals surface area contributed by atoms with E-state index in [1.807, 2.05) is 31.2 Å². The summed E-state index contributed by atoms with van der Waals surface area (Å²) in [6.07, 6.45) is 1.65. The third-order valence-electron chi connectivity index (χ3n) is 4.94. The summed E-state index contributed by atoms with van der Waals surface area (Å²) >= 11 is 1.61. The van der Waals surface area contributed by atoms with Crippen molar-refractivity contribution in [2.45, 2.75) is 26.3 Å². The van der Waals surface area contributed by atoms with Gasteiger partial charge in [-0.2, -0.15) is 0 Å². The van der Waals surface area contributed by atoms with Gasteiger partial charge in [0.15, 0.2) is 0 Å². The summed E-state index contributed by atoms with van der Waals surface area (Å²) < 4.78 is 12.5. The Balaban J connectivity index is 1.88. The molecular formula is C23H29N3O3S. The molecule has 0 saturated carbocycles. The standard InChI is InChI=1S/C23H29N3O3S/c1-17-19(22(27)24-11-7-13-28-2)15-21(26(17)12-8-14-29-3)20-16-30-23(25-20)18-9-5-4-6-10-18/h4-6,9-10,15-16H,7-8,11-14H2,1-3H3,(H,24,27). The van der Waals surface area contributed by atoms with Crippen LogP contribution in [0.15, 0.2) is 41.8 Å². The zero-order valence-corrected chi connectivity index (χ0v) is 18.6. The first kappa shape index (κ1) is 22.2. The number of nitrogens with one attached hydrogen (secondary N) is 1. The van der Waals surface area contributed by atoms with Gasteiger partial charge in [-0.1, -0.05) is 30.3 Å². The molecule has 0 aliphatic rings. The number of methoxy groups -OCH3 is 2. The van der Waals surface area contributed by atoms with Gasteiger partial charge in [0, 0.05) is 57.2 Å². The maximum absolute atomic E-state index is 12.8. The molecule has 7 heteroatoms. The third kappa shape index (κ3) is 5.36. The first-order chi connectivity index (χ1) is 14.7. The maximum Gasteiger partial charge on any atom is 0.253 e. The van der Waals surface area contributed by atoms with E-state index in [1.165, 1.54) is 0 Å². The lowest BCUT2D eigenvalue weighted by atomic mass is 10.2. The molecule has 30 heavy (non-hydrogen) atoms. The van der Waals surface area contributed by atoms with E-state index in [-0.39, 0.29) is 5.91 Å². The molecule has 0 spiro atoms. The summed E-state index contributed by atoms with van der Waals surface area (Å²) in [7, 11) is 3.37. The molecular weight excluding hydrogens is 398 g/mol. The van der Waals surface area contributed by atoms with Gasteiger partial charge in [0.25, 0.3) is 5.91 Å².